The molecule has 0 saturated carbocycles. The number of nitrogens with zero attached hydrogens (tertiary/aromatic N) is 2. The van der Waals surface area contributed by atoms with E-state index in [-0.39, 0.29) is 23.7 Å². The third-order valence-electron chi connectivity index (χ3n) is 4.25. The molecule has 2 heterocycles. The Morgan fingerprint density at radius 2 is 2.00 bits per heavy atom. The lowest BCUT2D eigenvalue weighted by Gasteiger charge is -2.17. The van der Waals surface area contributed by atoms with Crippen molar-refractivity contribution in [2.24, 2.45) is 11.8 Å². The molecule has 1 aliphatic heterocycles. The van der Waals surface area contributed by atoms with Crippen molar-refractivity contribution in [3.63, 3.8) is 0 Å². The summed E-state index contributed by atoms with van der Waals surface area (Å²) in [6.45, 7) is 3.73. The number of imide groups is 1. The first kappa shape index (κ1) is 14.3. The lowest BCUT2D eigenvalue weighted by molar-refractivity contribution is -0.122. The molecule has 0 N–H and O–H groups in total. The molecule has 1 aromatic heterocycles. The molecule has 0 bridgehead atoms. The summed E-state index contributed by atoms with van der Waals surface area (Å²) in [6, 6.07) is 2.12. The number of halogens is 1. The van der Waals surface area contributed by atoms with Gasteiger partial charge in [0.05, 0.1) is 17.4 Å². The second-order valence-corrected chi connectivity index (χ2v) is 7.08. The highest BCUT2D eigenvalue weighted by atomic mass is 35.5. The van der Waals surface area contributed by atoms with E-state index in [4.69, 9.17) is 11.6 Å². The van der Waals surface area contributed by atoms with Crippen LogP contribution in [0.3, 0.4) is 0 Å². The maximum Gasteiger partial charge on any atom is 0.238 e. The number of nitriles is 1. The zero-order valence-corrected chi connectivity index (χ0v) is 13.2. The second kappa shape index (κ2) is 4.97. The predicted octanol–water partition coefficient (Wildman–Crippen LogP) is 3.26. The zero-order valence-electron chi connectivity index (χ0n) is 11.6. The van der Waals surface area contributed by atoms with Crippen molar-refractivity contribution in [1.29, 1.82) is 5.26 Å². The fourth-order valence-electron chi connectivity index (χ4n) is 2.93. The Hall–Kier alpha value is -1.64. The number of allylic oxidation sites excluding steroid dienone is 2. The van der Waals surface area contributed by atoms with Crippen molar-refractivity contribution < 1.29 is 9.59 Å². The standard InChI is InChI=1S/C15H13ClN2O2S/c1-7-8(2)21-15(12(7)6-17)18-13(19)10-4-3-9(16)5-11(10)14(18)20/h3,10-11H,4-5H2,1-2H3. The Morgan fingerprint density at radius 1 is 1.33 bits per heavy atom. The summed E-state index contributed by atoms with van der Waals surface area (Å²) in [5.41, 5.74) is 1.26. The molecule has 0 radical (unpaired) electrons. The number of amides is 2. The minimum atomic E-state index is -0.385. The van der Waals surface area contributed by atoms with Gasteiger partial charge in [-0.25, -0.2) is 4.90 Å². The molecule has 1 fully saturated rings. The molecule has 3 rings (SSSR count). The van der Waals surface area contributed by atoms with Crippen LogP contribution in [-0.4, -0.2) is 11.8 Å². The summed E-state index contributed by atoms with van der Waals surface area (Å²) >= 11 is 7.34. The van der Waals surface area contributed by atoms with Crippen LogP contribution in [0.5, 0.6) is 0 Å². The molecule has 2 amide bonds. The van der Waals surface area contributed by atoms with Gasteiger partial charge in [-0.1, -0.05) is 17.7 Å². The van der Waals surface area contributed by atoms with Crippen molar-refractivity contribution in [3.8, 4) is 6.07 Å². The van der Waals surface area contributed by atoms with Gasteiger partial charge in [0.2, 0.25) is 11.8 Å². The topological polar surface area (TPSA) is 61.2 Å². The van der Waals surface area contributed by atoms with Crippen LogP contribution >= 0.6 is 22.9 Å². The lowest BCUT2D eigenvalue weighted by atomic mass is 9.85. The van der Waals surface area contributed by atoms with E-state index in [0.717, 1.165) is 10.4 Å². The van der Waals surface area contributed by atoms with Crippen LogP contribution in [0.25, 0.3) is 0 Å². The monoisotopic (exact) mass is 320 g/mol. The van der Waals surface area contributed by atoms with Gasteiger partial charge in [-0.3, -0.25) is 9.59 Å². The van der Waals surface area contributed by atoms with Crippen LogP contribution in [0.15, 0.2) is 11.1 Å². The average Bonchev–Trinajstić information content (AvgIpc) is 2.86. The van der Waals surface area contributed by atoms with Gasteiger partial charge in [0.1, 0.15) is 11.1 Å². The molecular formula is C15H13ClN2O2S. The van der Waals surface area contributed by atoms with Crippen molar-refractivity contribution in [1.82, 2.24) is 0 Å². The fourth-order valence-corrected chi connectivity index (χ4v) is 4.30. The third kappa shape index (κ3) is 2.02. The summed E-state index contributed by atoms with van der Waals surface area (Å²) in [4.78, 5) is 27.3. The van der Waals surface area contributed by atoms with E-state index < -0.39 is 0 Å². The molecule has 2 unspecified atom stereocenters. The first-order valence-corrected chi connectivity index (χ1v) is 7.87. The number of aryl methyl sites for hydroxylation is 1. The summed E-state index contributed by atoms with van der Waals surface area (Å²) in [5.74, 6) is -1.16. The van der Waals surface area contributed by atoms with Crippen LogP contribution < -0.4 is 4.90 Å². The van der Waals surface area contributed by atoms with E-state index in [0.29, 0.717) is 28.4 Å². The number of hydrogen-bond acceptors (Lipinski definition) is 4. The summed E-state index contributed by atoms with van der Waals surface area (Å²) in [5, 5.41) is 10.4. The number of carbonyl (C=O) groups excluding carboxylic acids is 2. The molecular weight excluding hydrogens is 308 g/mol. The molecule has 6 heteroatoms. The van der Waals surface area contributed by atoms with E-state index in [2.05, 4.69) is 6.07 Å². The average molecular weight is 321 g/mol. The molecule has 108 valence electrons. The van der Waals surface area contributed by atoms with Gasteiger partial charge in [-0.15, -0.1) is 11.3 Å². The molecule has 0 spiro atoms. The van der Waals surface area contributed by atoms with Crippen molar-refractivity contribution in [3.05, 3.63) is 27.1 Å². The second-order valence-electron chi connectivity index (χ2n) is 5.39. The number of hydrogen-bond donors (Lipinski definition) is 0. The molecule has 0 aromatic carbocycles. The van der Waals surface area contributed by atoms with Crippen molar-refractivity contribution in [2.75, 3.05) is 4.90 Å². The van der Waals surface area contributed by atoms with Gasteiger partial charge in [-0.2, -0.15) is 5.26 Å². The normalized spacial score (nSPS) is 24.9. The maximum absolute atomic E-state index is 12.6. The SMILES string of the molecule is Cc1sc(N2C(=O)C3CC=C(Cl)CC3C2=O)c(C#N)c1C. The molecule has 2 atom stereocenters. The summed E-state index contributed by atoms with van der Waals surface area (Å²) < 4.78 is 0. The fraction of sp³-hybridized carbons (Fsp3) is 0.400. The molecule has 4 nitrogen and oxygen atoms in total. The molecule has 1 aromatic rings. The van der Waals surface area contributed by atoms with Gasteiger partial charge in [0.25, 0.3) is 0 Å². The largest absolute Gasteiger partial charge is 0.274 e. The Labute approximate surface area is 131 Å². The first-order chi connectivity index (χ1) is 9.95. The summed E-state index contributed by atoms with van der Waals surface area (Å²) in [7, 11) is 0. The van der Waals surface area contributed by atoms with Crippen LogP contribution in [0, 0.1) is 37.0 Å². The molecule has 2 aliphatic rings. The Kier molecular flexibility index (Phi) is 3.39. The van der Waals surface area contributed by atoms with Crippen LogP contribution in [0.2, 0.25) is 0 Å². The third-order valence-corrected chi connectivity index (χ3v) is 5.75. The van der Waals surface area contributed by atoms with Crippen LogP contribution in [0.1, 0.15) is 28.8 Å². The van der Waals surface area contributed by atoms with Crippen LogP contribution in [-0.2, 0) is 9.59 Å². The molecule has 1 aliphatic carbocycles. The Balaban J connectivity index is 2.06. The number of carbonyl (C=O) groups is 2. The van der Waals surface area contributed by atoms with Crippen LogP contribution in [0.4, 0.5) is 5.00 Å². The molecule has 21 heavy (non-hydrogen) atoms. The highest BCUT2D eigenvalue weighted by molar-refractivity contribution is 7.17. The lowest BCUT2D eigenvalue weighted by Crippen LogP contribution is -2.30. The van der Waals surface area contributed by atoms with E-state index in [1.54, 1.807) is 0 Å². The van der Waals surface area contributed by atoms with Gasteiger partial charge >= 0.3 is 0 Å². The van der Waals surface area contributed by atoms with Crippen molar-refractivity contribution in [2.45, 2.75) is 26.7 Å². The van der Waals surface area contributed by atoms with E-state index >= 15 is 0 Å². The predicted molar refractivity (Wildman–Crippen MR) is 81.2 cm³/mol. The van der Waals surface area contributed by atoms with Crippen molar-refractivity contribution >= 4 is 39.8 Å². The van der Waals surface area contributed by atoms with Gasteiger partial charge in [-0.05, 0) is 32.3 Å². The minimum Gasteiger partial charge on any atom is -0.274 e. The summed E-state index contributed by atoms with van der Waals surface area (Å²) in [6.07, 6.45) is 2.72. The number of thiophene rings is 1. The number of anilines is 1. The maximum atomic E-state index is 12.6. The van der Waals surface area contributed by atoms with Gasteiger partial charge in [0.15, 0.2) is 0 Å². The number of fused-ring (bicyclic) bond motifs is 1. The quantitative estimate of drug-likeness (QED) is 0.746. The highest BCUT2D eigenvalue weighted by Crippen LogP contribution is 2.44. The van der Waals surface area contributed by atoms with Gasteiger partial charge < -0.3 is 0 Å². The Bertz CT molecular complexity index is 729. The smallest absolute Gasteiger partial charge is 0.238 e. The molecule has 1 saturated heterocycles. The van der Waals surface area contributed by atoms with E-state index in [1.807, 2.05) is 19.9 Å². The first-order valence-electron chi connectivity index (χ1n) is 6.68. The highest BCUT2D eigenvalue weighted by Gasteiger charge is 2.50. The number of rotatable bonds is 1. The van der Waals surface area contributed by atoms with E-state index in [1.165, 1.54) is 16.2 Å². The van der Waals surface area contributed by atoms with Gasteiger partial charge in [0, 0.05) is 9.91 Å². The van der Waals surface area contributed by atoms with E-state index in [9.17, 15) is 14.9 Å². The zero-order chi connectivity index (χ0) is 15.3. The Morgan fingerprint density at radius 3 is 2.67 bits per heavy atom. The minimum absolute atomic E-state index is 0.205.